The minimum absolute atomic E-state index is 0.133. The van der Waals surface area contributed by atoms with Crippen LogP contribution in [-0.4, -0.2) is 30.2 Å². The Bertz CT molecular complexity index is 1010. The number of carbonyl (C=O) groups is 2. The van der Waals surface area contributed by atoms with Gasteiger partial charge >= 0.3 is 5.97 Å². The second-order valence-corrected chi connectivity index (χ2v) is 9.61. The van der Waals surface area contributed by atoms with Crippen LogP contribution in [0.15, 0.2) is 18.2 Å². The molecule has 0 fully saturated rings. The molecule has 0 bridgehead atoms. The highest BCUT2D eigenvalue weighted by Crippen LogP contribution is 2.38. The lowest BCUT2D eigenvalue weighted by atomic mass is 9.95. The standard InChI is InChI=1S/C24H30N2O4S2/c1-5-29-23(28)21-18-8-6-7-9-19(18)32-22(21)26-24(31)25-20(27)13-30-16-10-11-17(14(2)3)15(4)12-16/h10-12,14H,5-9,13H2,1-4H3,(H2,25,26,27,31). The van der Waals surface area contributed by atoms with E-state index in [-0.39, 0.29) is 23.6 Å². The van der Waals surface area contributed by atoms with Crippen LogP contribution >= 0.6 is 23.6 Å². The van der Waals surface area contributed by atoms with Gasteiger partial charge in [0.2, 0.25) is 0 Å². The van der Waals surface area contributed by atoms with Gasteiger partial charge in [-0.3, -0.25) is 10.1 Å². The first kappa shape index (κ1) is 24.2. The van der Waals surface area contributed by atoms with E-state index in [1.165, 1.54) is 21.8 Å². The fourth-order valence-electron chi connectivity index (χ4n) is 3.90. The molecule has 2 N–H and O–H groups in total. The number of rotatable bonds is 7. The van der Waals surface area contributed by atoms with Gasteiger partial charge in [0, 0.05) is 4.88 Å². The minimum Gasteiger partial charge on any atom is -0.484 e. The zero-order valence-electron chi connectivity index (χ0n) is 19.0. The zero-order valence-corrected chi connectivity index (χ0v) is 20.6. The van der Waals surface area contributed by atoms with Crippen molar-refractivity contribution < 1.29 is 19.1 Å². The number of carbonyl (C=O) groups excluding carboxylic acids is 2. The van der Waals surface area contributed by atoms with Crippen LogP contribution in [0.4, 0.5) is 5.00 Å². The van der Waals surface area contributed by atoms with Crippen molar-refractivity contribution in [1.29, 1.82) is 0 Å². The lowest BCUT2D eigenvalue weighted by Crippen LogP contribution is -2.37. The normalized spacial score (nSPS) is 12.8. The van der Waals surface area contributed by atoms with Gasteiger partial charge in [-0.15, -0.1) is 11.3 Å². The highest BCUT2D eigenvalue weighted by molar-refractivity contribution is 7.80. The van der Waals surface area contributed by atoms with Crippen molar-refractivity contribution in [2.45, 2.75) is 59.3 Å². The van der Waals surface area contributed by atoms with Gasteiger partial charge < -0.3 is 14.8 Å². The second-order valence-electron chi connectivity index (χ2n) is 8.10. The molecule has 1 heterocycles. The summed E-state index contributed by atoms with van der Waals surface area (Å²) >= 11 is 6.82. The van der Waals surface area contributed by atoms with Gasteiger partial charge in [0.15, 0.2) is 11.7 Å². The third-order valence-corrected chi connectivity index (χ3v) is 6.78. The number of esters is 1. The molecule has 172 valence electrons. The van der Waals surface area contributed by atoms with E-state index in [2.05, 4.69) is 24.5 Å². The topological polar surface area (TPSA) is 76.7 Å². The molecule has 0 unspecified atom stereocenters. The highest BCUT2D eigenvalue weighted by atomic mass is 32.1. The Hall–Kier alpha value is -2.45. The summed E-state index contributed by atoms with van der Waals surface area (Å²) < 4.78 is 10.9. The maximum absolute atomic E-state index is 12.5. The third-order valence-electron chi connectivity index (χ3n) is 5.36. The van der Waals surface area contributed by atoms with Crippen LogP contribution in [0.1, 0.15) is 71.5 Å². The first-order valence-corrected chi connectivity index (χ1v) is 12.2. The smallest absolute Gasteiger partial charge is 0.341 e. The van der Waals surface area contributed by atoms with Crippen LogP contribution < -0.4 is 15.4 Å². The highest BCUT2D eigenvalue weighted by Gasteiger charge is 2.27. The molecule has 0 aliphatic heterocycles. The summed E-state index contributed by atoms with van der Waals surface area (Å²) in [5, 5.41) is 6.42. The molecule has 8 heteroatoms. The molecular formula is C24H30N2O4S2. The molecule has 6 nitrogen and oxygen atoms in total. The van der Waals surface area contributed by atoms with Crippen molar-refractivity contribution >= 4 is 45.5 Å². The molecule has 0 saturated carbocycles. The van der Waals surface area contributed by atoms with E-state index in [4.69, 9.17) is 21.7 Å². The molecule has 1 aromatic carbocycles. The fraction of sp³-hybridized carbons (Fsp3) is 0.458. The Morgan fingerprint density at radius 3 is 2.66 bits per heavy atom. The lowest BCUT2D eigenvalue weighted by Gasteiger charge is -2.14. The van der Waals surface area contributed by atoms with Gasteiger partial charge in [0.05, 0.1) is 12.2 Å². The number of benzene rings is 1. The predicted octanol–water partition coefficient (Wildman–Crippen LogP) is 5.13. The van der Waals surface area contributed by atoms with E-state index >= 15 is 0 Å². The Balaban J connectivity index is 1.61. The van der Waals surface area contributed by atoms with Gasteiger partial charge in [-0.05, 0) is 86.5 Å². The molecule has 1 aliphatic rings. The van der Waals surface area contributed by atoms with Crippen LogP contribution in [0.5, 0.6) is 5.75 Å². The number of fused-ring (bicyclic) bond motifs is 1. The van der Waals surface area contributed by atoms with Crippen LogP contribution in [0, 0.1) is 6.92 Å². The van der Waals surface area contributed by atoms with Crippen LogP contribution in [0.2, 0.25) is 0 Å². The van der Waals surface area contributed by atoms with E-state index in [0.29, 0.717) is 28.8 Å². The van der Waals surface area contributed by atoms with Gasteiger partial charge in [-0.25, -0.2) is 4.79 Å². The number of thiophene rings is 1. The van der Waals surface area contributed by atoms with Crippen molar-refractivity contribution in [3.8, 4) is 5.75 Å². The Labute approximate surface area is 198 Å². The number of ether oxygens (including phenoxy) is 2. The molecule has 1 amide bonds. The number of thiocarbonyl (C=S) groups is 1. The molecule has 0 atom stereocenters. The minimum atomic E-state index is -0.368. The summed E-state index contributed by atoms with van der Waals surface area (Å²) in [5.74, 6) is 0.342. The maximum atomic E-state index is 12.5. The van der Waals surface area contributed by atoms with Gasteiger partial charge in [0.25, 0.3) is 5.91 Å². The number of aryl methyl sites for hydroxylation is 2. The molecular weight excluding hydrogens is 444 g/mol. The quantitative estimate of drug-likeness (QED) is 0.428. The summed E-state index contributed by atoms with van der Waals surface area (Å²) in [6, 6.07) is 5.82. The van der Waals surface area contributed by atoms with E-state index in [1.807, 2.05) is 25.1 Å². The van der Waals surface area contributed by atoms with Crippen LogP contribution in [-0.2, 0) is 22.4 Å². The van der Waals surface area contributed by atoms with E-state index in [1.54, 1.807) is 6.92 Å². The second kappa shape index (κ2) is 10.9. The summed E-state index contributed by atoms with van der Waals surface area (Å²) in [6.07, 6.45) is 3.94. The first-order valence-electron chi connectivity index (χ1n) is 11.0. The molecule has 0 saturated heterocycles. The van der Waals surface area contributed by atoms with Gasteiger partial charge in [-0.2, -0.15) is 0 Å². The monoisotopic (exact) mass is 474 g/mol. The number of hydrogen-bond acceptors (Lipinski definition) is 6. The van der Waals surface area contributed by atoms with Crippen molar-refractivity contribution in [3.63, 3.8) is 0 Å². The maximum Gasteiger partial charge on any atom is 0.341 e. The number of amides is 1. The number of anilines is 1. The lowest BCUT2D eigenvalue weighted by molar-refractivity contribution is -0.121. The van der Waals surface area contributed by atoms with E-state index in [9.17, 15) is 9.59 Å². The molecule has 0 spiro atoms. The third kappa shape index (κ3) is 5.86. The molecule has 1 aromatic heterocycles. The summed E-state index contributed by atoms with van der Waals surface area (Å²) in [5.41, 5.74) is 3.96. The van der Waals surface area contributed by atoms with E-state index in [0.717, 1.165) is 36.8 Å². The van der Waals surface area contributed by atoms with Crippen molar-refractivity contribution in [1.82, 2.24) is 5.32 Å². The summed E-state index contributed by atoms with van der Waals surface area (Å²) in [6.45, 7) is 8.24. The number of nitrogens with one attached hydrogen (secondary N) is 2. The molecule has 32 heavy (non-hydrogen) atoms. The zero-order chi connectivity index (χ0) is 23.3. The molecule has 2 aromatic rings. The Kier molecular flexibility index (Phi) is 8.26. The van der Waals surface area contributed by atoms with Crippen molar-refractivity contribution in [3.05, 3.63) is 45.3 Å². The summed E-state index contributed by atoms with van der Waals surface area (Å²) in [4.78, 5) is 26.1. The largest absolute Gasteiger partial charge is 0.484 e. The average molecular weight is 475 g/mol. The Morgan fingerprint density at radius 1 is 1.22 bits per heavy atom. The molecule has 0 radical (unpaired) electrons. The number of hydrogen-bond donors (Lipinski definition) is 2. The van der Waals surface area contributed by atoms with Crippen LogP contribution in [0.3, 0.4) is 0 Å². The van der Waals surface area contributed by atoms with Crippen LogP contribution in [0.25, 0.3) is 0 Å². The SMILES string of the molecule is CCOC(=O)c1c(NC(=S)NC(=O)COc2ccc(C(C)C)c(C)c2)sc2c1CCCC2. The first-order chi connectivity index (χ1) is 15.3. The summed E-state index contributed by atoms with van der Waals surface area (Å²) in [7, 11) is 0. The van der Waals surface area contributed by atoms with Crippen molar-refractivity contribution in [2.75, 3.05) is 18.5 Å². The van der Waals surface area contributed by atoms with Crippen molar-refractivity contribution in [2.24, 2.45) is 0 Å². The van der Waals surface area contributed by atoms with Gasteiger partial charge in [-0.1, -0.05) is 19.9 Å². The van der Waals surface area contributed by atoms with E-state index < -0.39 is 0 Å². The predicted molar refractivity (Wildman–Crippen MR) is 132 cm³/mol. The fourth-order valence-corrected chi connectivity index (χ4v) is 5.47. The Morgan fingerprint density at radius 2 is 1.97 bits per heavy atom. The molecule has 1 aliphatic carbocycles. The average Bonchev–Trinajstić information content (AvgIpc) is 3.09. The van der Waals surface area contributed by atoms with Gasteiger partial charge in [0.1, 0.15) is 10.8 Å². The molecule has 3 rings (SSSR count).